The fourth-order valence-electron chi connectivity index (χ4n) is 1.53. The van der Waals surface area contributed by atoms with Crippen molar-refractivity contribution in [2.45, 2.75) is 12.8 Å². The van der Waals surface area contributed by atoms with E-state index in [1.807, 2.05) is 18.2 Å². The number of nitrogens with zero attached hydrogens (tertiary/aromatic N) is 1. The minimum absolute atomic E-state index is 0.214. The summed E-state index contributed by atoms with van der Waals surface area (Å²) in [7, 11) is 0. The van der Waals surface area contributed by atoms with Crippen LogP contribution in [0.3, 0.4) is 0 Å². The molecule has 2 aromatic rings. The standard InChI is InChI=1S/C13H12FN/c14-13-10-15-9-8-12(13)7-6-11-4-2-1-3-5-11/h1-5,8-10H,6-7H2. The molecule has 2 rings (SSSR count). The molecule has 0 aliphatic rings. The van der Waals surface area contributed by atoms with Gasteiger partial charge in [-0.05, 0) is 30.0 Å². The molecule has 0 aliphatic carbocycles. The molecular formula is C13H12FN. The first-order valence-corrected chi connectivity index (χ1v) is 4.98. The number of aryl methyl sites for hydroxylation is 2. The van der Waals surface area contributed by atoms with E-state index in [4.69, 9.17) is 0 Å². The van der Waals surface area contributed by atoms with Crippen LogP contribution in [0.4, 0.5) is 4.39 Å². The molecule has 0 aliphatic heterocycles. The van der Waals surface area contributed by atoms with Crippen molar-refractivity contribution in [3.63, 3.8) is 0 Å². The lowest BCUT2D eigenvalue weighted by molar-refractivity contribution is 0.602. The molecule has 0 saturated carbocycles. The zero-order valence-corrected chi connectivity index (χ0v) is 8.36. The van der Waals surface area contributed by atoms with Gasteiger partial charge in [0.15, 0.2) is 0 Å². The van der Waals surface area contributed by atoms with E-state index in [1.54, 1.807) is 12.3 Å². The molecule has 0 unspecified atom stereocenters. The molecule has 76 valence electrons. The van der Waals surface area contributed by atoms with Gasteiger partial charge in [0.25, 0.3) is 0 Å². The van der Waals surface area contributed by atoms with Crippen molar-refractivity contribution < 1.29 is 4.39 Å². The first-order valence-electron chi connectivity index (χ1n) is 4.98. The number of halogens is 1. The molecule has 2 heteroatoms. The van der Waals surface area contributed by atoms with Gasteiger partial charge in [0, 0.05) is 6.20 Å². The van der Waals surface area contributed by atoms with Crippen LogP contribution in [0.1, 0.15) is 11.1 Å². The Morgan fingerprint density at radius 2 is 1.80 bits per heavy atom. The quantitative estimate of drug-likeness (QED) is 0.743. The van der Waals surface area contributed by atoms with E-state index in [-0.39, 0.29) is 5.82 Å². The third kappa shape index (κ3) is 2.62. The molecule has 0 radical (unpaired) electrons. The maximum absolute atomic E-state index is 13.2. The summed E-state index contributed by atoms with van der Waals surface area (Å²) in [5.41, 5.74) is 1.96. The third-order valence-electron chi connectivity index (χ3n) is 2.38. The number of benzene rings is 1. The van der Waals surface area contributed by atoms with Gasteiger partial charge in [-0.2, -0.15) is 0 Å². The van der Waals surface area contributed by atoms with E-state index in [0.717, 1.165) is 18.4 Å². The van der Waals surface area contributed by atoms with Crippen molar-refractivity contribution in [3.8, 4) is 0 Å². The summed E-state index contributed by atoms with van der Waals surface area (Å²) in [6.45, 7) is 0. The summed E-state index contributed by atoms with van der Waals surface area (Å²) in [5.74, 6) is -0.214. The smallest absolute Gasteiger partial charge is 0.144 e. The maximum Gasteiger partial charge on any atom is 0.144 e. The minimum atomic E-state index is -0.214. The maximum atomic E-state index is 13.2. The predicted octanol–water partition coefficient (Wildman–Crippen LogP) is 3.01. The fraction of sp³-hybridized carbons (Fsp3) is 0.154. The molecular weight excluding hydrogens is 189 g/mol. The zero-order valence-electron chi connectivity index (χ0n) is 8.36. The van der Waals surface area contributed by atoms with Gasteiger partial charge in [-0.15, -0.1) is 0 Å². The highest BCUT2D eigenvalue weighted by atomic mass is 19.1. The Balaban J connectivity index is 2.03. The second-order valence-electron chi connectivity index (χ2n) is 3.45. The van der Waals surface area contributed by atoms with Gasteiger partial charge >= 0.3 is 0 Å². The molecule has 0 spiro atoms. The van der Waals surface area contributed by atoms with Crippen LogP contribution in [0.2, 0.25) is 0 Å². The van der Waals surface area contributed by atoms with Crippen molar-refractivity contribution >= 4 is 0 Å². The molecule has 0 saturated heterocycles. The first kappa shape index (κ1) is 9.84. The summed E-state index contributed by atoms with van der Waals surface area (Å²) in [5, 5.41) is 0. The minimum Gasteiger partial charge on any atom is -0.262 e. The van der Waals surface area contributed by atoms with Gasteiger partial charge in [0.2, 0.25) is 0 Å². The zero-order chi connectivity index (χ0) is 10.5. The molecule has 0 atom stereocenters. The van der Waals surface area contributed by atoms with Gasteiger partial charge in [-0.3, -0.25) is 4.98 Å². The lowest BCUT2D eigenvalue weighted by Crippen LogP contribution is -1.95. The van der Waals surface area contributed by atoms with E-state index in [2.05, 4.69) is 17.1 Å². The summed E-state index contributed by atoms with van der Waals surface area (Å²) in [4.78, 5) is 3.72. The Hall–Kier alpha value is -1.70. The van der Waals surface area contributed by atoms with Crippen molar-refractivity contribution in [3.05, 3.63) is 65.7 Å². The van der Waals surface area contributed by atoms with E-state index >= 15 is 0 Å². The number of rotatable bonds is 3. The second-order valence-corrected chi connectivity index (χ2v) is 3.45. The average Bonchev–Trinajstić information content (AvgIpc) is 2.29. The van der Waals surface area contributed by atoms with Gasteiger partial charge in [-0.1, -0.05) is 30.3 Å². The highest BCUT2D eigenvalue weighted by Gasteiger charge is 2.01. The third-order valence-corrected chi connectivity index (χ3v) is 2.38. The largest absolute Gasteiger partial charge is 0.262 e. The average molecular weight is 201 g/mol. The van der Waals surface area contributed by atoms with E-state index in [9.17, 15) is 4.39 Å². The molecule has 0 N–H and O–H groups in total. The highest BCUT2D eigenvalue weighted by molar-refractivity contribution is 5.19. The van der Waals surface area contributed by atoms with E-state index in [0.29, 0.717) is 0 Å². The summed E-state index contributed by atoms with van der Waals surface area (Å²) >= 11 is 0. The van der Waals surface area contributed by atoms with Crippen molar-refractivity contribution in [1.29, 1.82) is 0 Å². The Bertz CT molecular complexity index is 426. The normalized spacial score (nSPS) is 10.2. The number of aromatic nitrogens is 1. The van der Waals surface area contributed by atoms with Crippen LogP contribution in [0, 0.1) is 5.82 Å². The number of pyridine rings is 1. The Morgan fingerprint density at radius 1 is 1.00 bits per heavy atom. The monoisotopic (exact) mass is 201 g/mol. The molecule has 0 amide bonds. The lowest BCUT2D eigenvalue weighted by Gasteiger charge is -2.02. The molecule has 1 heterocycles. The predicted molar refractivity (Wildman–Crippen MR) is 58.0 cm³/mol. The number of hydrogen-bond donors (Lipinski definition) is 0. The summed E-state index contributed by atoms with van der Waals surface area (Å²) in [6.07, 6.45) is 4.48. The van der Waals surface area contributed by atoms with E-state index in [1.165, 1.54) is 11.8 Å². The summed E-state index contributed by atoms with van der Waals surface area (Å²) < 4.78 is 13.2. The van der Waals surface area contributed by atoms with Crippen LogP contribution < -0.4 is 0 Å². The van der Waals surface area contributed by atoms with Crippen molar-refractivity contribution in [1.82, 2.24) is 4.98 Å². The molecule has 1 aromatic heterocycles. The van der Waals surface area contributed by atoms with Crippen LogP contribution in [0.15, 0.2) is 48.8 Å². The van der Waals surface area contributed by atoms with Crippen LogP contribution in [0.5, 0.6) is 0 Å². The fourth-order valence-corrected chi connectivity index (χ4v) is 1.53. The van der Waals surface area contributed by atoms with Crippen LogP contribution >= 0.6 is 0 Å². The molecule has 15 heavy (non-hydrogen) atoms. The second kappa shape index (κ2) is 4.69. The van der Waals surface area contributed by atoms with Crippen molar-refractivity contribution in [2.75, 3.05) is 0 Å². The number of hydrogen-bond acceptors (Lipinski definition) is 1. The van der Waals surface area contributed by atoms with Crippen LogP contribution in [-0.2, 0) is 12.8 Å². The lowest BCUT2D eigenvalue weighted by atomic mass is 10.1. The molecule has 0 fully saturated rings. The van der Waals surface area contributed by atoms with Crippen molar-refractivity contribution in [2.24, 2.45) is 0 Å². The molecule has 1 aromatic carbocycles. The molecule has 1 nitrogen and oxygen atoms in total. The molecule has 0 bridgehead atoms. The van der Waals surface area contributed by atoms with E-state index < -0.39 is 0 Å². The summed E-state index contributed by atoms with van der Waals surface area (Å²) in [6, 6.07) is 11.8. The van der Waals surface area contributed by atoms with Gasteiger partial charge < -0.3 is 0 Å². The van der Waals surface area contributed by atoms with Gasteiger partial charge in [-0.25, -0.2) is 4.39 Å². The topological polar surface area (TPSA) is 12.9 Å². The Labute approximate surface area is 88.6 Å². The van der Waals surface area contributed by atoms with Gasteiger partial charge in [0.05, 0.1) is 6.20 Å². The van der Waals surface area contributed by atoms with Gasteiger partial charge in [0.1, 0.15) is 5.82 Å². The Morgan fingerprint density at radius 3 is 2.53 bits per heavy atom. The first-order chi connectivity index (χ1) is 7.36. The Kier molecular flexibility index (Phi) is 3.08. The van der Waals surface area contributed by atoms with Crippen LogP contribution in [0.25, 0.3) is 0 Å². The highest BCUT2D eigenvalue weighted by Crippen LogP contribution is 2.09. The SMILES string of the molecule is Fc1cnccc1CCc1ccccc1. The van der Waals surface area contributed by atoms with Crippen LogP contribution in [-0.4, -0.2) is 4.98 Å².